The van der Waals surface area contributed by atoms with Gasteiger partial charge in [0, 0.05) is 51.2 Å². The molecule has 11 nitrogen and oxygen atoms in total. The number of ether oxygens (including phenoxy) is 2. The average Bonchev–Trinajstić information content (AvgIpc) is 3.55. The van der Waals surface area contributed by atoms with E-state index in [1.807, 2.05) is 29.2 Å². The van der Waals surface area contributed by atoms with Crippen molar-refractivity contribution in [3.63, 3.8) is 0 Å². The number of amides is 1. The minimum Gasteiger partial charge on any atom is -0.454 e. The van der Waals surface area contributed by atoms with Gasteiger partial charge in [-0.1, -0.05) is 6.07 Å². The Morgan fingerprint density at radius 1 is 1.20 bits per heavy atom. The molecule has 1 amide bonds. The number of nitrogens with one attached hydrogen (secondary N) is 2. The molecule has 0 radical (unpaired) electrons. The number of nitrogens with zero attached hydrogens (tertiary/aromatic N) is 6. The Balaban J connectivity index is 0.00000289. The summed E-state index contributed by atoms with van der Waals surface area (Å²) in [6.45, 7) is 4.29. The smallest absolute Gasteiger partial charge is 0.236 e. The topological polar surface area (TPSA) is 121 Å². The first-order valence-corrected chi connectivity index (χ1v) is 11.1. The van der Waals surface area contributed by atoms with E-state index < -0.39 is 0 Å². The lowest BCUT2D eigenvalue weighted by molar-refractivity contribution is -0.121. The molecule has 0 aliphatic carbocycles. The fraction of sp³-hybridized carbons (Fsp3) is 0.348. The lowest BCUT2D eigenvalue weighted by Crippen LogP contribution is -2.56. The number of anilines is 1. The lowest BCUT2D eigenvalue weighted by atomic mass is 10.1. The number of carbonyl (C=O) groups is 1. The SMILES string of the molecule is CC(=N)N1CCN(c2ccnc(-n3ccnc3)n2)C(CC(=O)NCc2ccc3c(c2)OCO3)C1.Cl. The maximum atomic E-state index is 12.9. The highest BCUT2D eigenvalue weighted by molar-refractivity contribution is 5.85. The molecule has 35 heavy (non-hydrogen) atoms. The summed E-state index contributed by atoms with van der Waals surface area (Å²) in [5.41, 5.74) is 0.941. The van der Waals surface area contributed by atoms with Crippen molar-refractivity contribution in [2.45, 2.75) is 25.9 Å². The van der Waals surface area contributed by atoms with Crippen molar-refractivity contribution in [1.29, 1.82) is 5.41 Å². The number of hydrogen-bond acceptors (Lipinski definition) is 8. The first-order valence-electron chi connectivity index (χ1n) is 11.1. The van der Waals surface area contributed by atoms with Gasteiger partial charge in [0.1, 0.15) is 12.1 Å². The molecule has 184 valence electrons. The van der Waals surface area contributed by atoms with Crippen LogP contribution in [-0.2, 0) is 11.3 Å². The molecule has 2 aliphatic heterocycles. The van der Waals surface area contributed by atoms with Crippen LogP contribution in [0.5, 0.6) is 11.5 Å². The van der Waals surface area contributed by atoms with Gasteiger partial charge in [0.25, 0.3) is 0 Å². The van der Waals surface area contributed by atoms with Crippen LogP contribution in [0.1, 0.15) is 18.9 Å². The Labute approximate surface area is 209 Å². The van der Waals surface area contributed by atoms with E-state index in [1.165, 1.54) is 0 Å². The number of carbonyl (C=O) groups excluding carboxylic acids is 1. The number of rotatable bonds is 6. The summed E-state index contributed by atoms with van der Waals surface area (Å²) in [6.07, 6.45) is 7.10. The van der Waals surface area contributed by atoms with Crippen LogP contribution in [0.4, 0.5) is 5.82 Å². The van der Waals surface area contributed by atoms with Gasteiger partial charge in [-0.25, -0.2) is 9.97 Å². The van der Waals surface area contributed by atoms with Gasteiger partial charge in [-0.05, 0) is 30.7 Å². The highest BCUT2D eigenvalue weighted by Crippen LogP contribution is 2.32. The molecular formula is C23H27ClN8O3. The molecule has 2 aromatic heterocycles. The van der Waals surface area contributed by atoms with Crippen molar-refractivity contribution in [1.82, 2.24) is 29.7 Å². The summed E-state index contributed by atoms with van der Waals surface area (Å²) in [7, 11) is 0. The minimum atomic E-state index is -0.142. The Kier molecular flexibility index (Phi) is 7.35. The standard InChI is InChI=1S/C23H26N8O3.ClH/c1-16(24)29-8-9-31(21-4-5-26-23(28-21)30-7-6-25-14-30)18(13-29)11-22(32)27-12-17-2-3-19-20(10-17)34-15-33-19;/h2-7,10,14,18,24H,8-9,11-13,15H2,1H3,(H,27,32);1H. The Morgan fingerprint density at radius 2 is 2.06 bits per heavy atom. The van der Waals surface area contributed by atoms with Crippen LogP contribution in [0, 0.1) is 5.41 Å². The second-order valence-corrected chi connectivity index (χ2v) is 8.23. The van der Waals surface area contributed by atoms with Crippen LogP contribution in [0.25, 0.3) is 5.95 Å². The van der Waals surface area contributed by atoms with Gasteiger partial charge < -0.3 is 24.6 Å². The molecule has 1 unspecified atom stereocenters. The summed E-state index contributed by atoms with van der Waals surface area (Å²) >= 11 is 0. The van der Waals surface area contributed by atoms with Crippen LogP contribution in [0.15, 0.2) is 49.2 Å². The van der Waals surface area contributed by atoms with Crippen LogP contribution in [0.2, 0.25) is 0 Å². The van der Waals surface area contributed by atoms with E-state index in [0.29, 0.717) is 43.7 Å². The zero-order valence-corrected chi connectivity index (χ0v) is 20.1. The average molecular weight is 499 g/mol. The van der Waals surface area contributed by atoms with E-state index in [9.17, 15) is 4.79 Å². The van der Waals surface area contributed by atoms with E-state index in [2.05, 4.69) is 20.2 Å². The van der Waals surface area contributed by atoms with Crippen LogP contribution < -0.4 is 19.7 Å². The fourth-order valence-electron chi connectivity index (χ4n) is 4.17. The molecule has 0 bridgehead atoms. The minimum absolute atomic E-state index is 0. The summed E-state index contributed by atoms with van der Waals surface area (Å²) < 4.78 is 12.5. The summed E-state index contributed by atoms with van der Waals surface area (Å²) in [5.74, 6) is 3.10. The van der Waals surface area contributed by atoms with Crippen LogP contribution >= 0.6 is 12.4 Å². The number of hydrogen-bond donors (Lipinski definition) is 2. The third kappa shape index (κ3) is 5.46. The molecule has 5 rings (SSSR count). The van der Waals surface area contributed by atoms with Gasteiger partial charge in [-0.15, -0.1) is 12.4 Å². The molecule has 12 heteroatoms. The van der Waals surface area contributed by atoms with Gasteiger partial charge in [0.2, 0.25) is 18.6 Å². The third-order valence-corrected chi connectivity index (χ3v) is 5.96. The number of halogens is 1. The van der Waals surface area contributed by atoms with Crippen molar-refractivity contribution in [2.24, 2.45) is 0 Å². The normalized spacial score (nSPS) is 16.5. The number of imidazole rings is 1. The molecule has 1 saturated heterocycles. The summed E-state index contributed by atoms with van der Waals surface area (Å²) in [6, 6.07) is 7.36. The predicted octanol–water partition coefficient (Wildman–Crippen LogP) is 2.01. The second kappa shape index (κ2) is 10.6. The van der Waals surface area contributed by atoms with Gasteiger partial charge in [-0.3, -0.25) is 14.8 Å². The van der Waals surface area contributed by atoms with Crippen molar-refractivity contribution in [3.8, 4) is 17.4 Å². The van der Waals surface area contributed by atoms with Crippen molar-refractivity contribution in [2.75, 3.05) is 31.3 Å². The van der Waals surface area contributed by atoms with E-state index in [0.717, 1.165) is 17.1 Å². The first-order chi connectivity index (χ1) is 16.6. The molecule has 1 atom stereocenters. The van der Waals surface area contributed by atoms with Crippen molar-refractivity contribution >= 4 is 30.0 Å². The molecule has 0 saturated carbocycles. The Morgan fingerprint density at radius 3 is 2.86 bits per heavy atom. The first kappa shape index (κ1) is 24.3. The summed E-state index contributed by atoms with van der Waals surface area (Å²) in [4.78, 5) is 30.1. The fourth-order valence-corrected chi connectivity index (χ4v) is 4.17. The quantitative estimate of drug-likeness (QED) is 0.391. The molecule has 1 aromatic carbocycles. The monoisotopic (exact) mass is 498 g/mol. The maximum Gasteiger partial charge on any atom is 0.236 e. The Bertz CT molecular complexity index is 1190. The highest BCUT2D eigenvalue weighted by atomic mass is 35.5. The van der Waals surface area contributed by atoms with Crippen molar-refractivity contribution in [3.05, 3.63) is 54.7 Å². The number of benzene rings is 1. The molecule has 1 fully saturated rings. The second-order valence-electron chi connectivity index (χ2n) is 8.23. The number of aromatic nitrogens is 4. The van der Waals surface area contributed by atoms with E-state index in [1.54, 1.807) is 36.4 Å². The van der Waals surface area contributed by atoms with Crippen LogP contribution in [0.3, 0.4) is 0 Å². The summed E-state index contributed by atoms with van der Waals surface area (Å²) in [5, 5.41) is 11.1. The van der Waals surface area contributed by atoms with E-state index in [4.69, 9.17) is 19.9 Å². The lowest BCUT2D eigenvalue weighted by Gasteiger charge is -2.42. The number of piperazine rings is 1. The third-order valence-electron chi connectivity index (χ3n) is 5.96. The van der Waals surface area contributed by atoms with E-state index >= 15 is 0 Å². The molecular weight excluding hydrogens is 472 g/mol. The van der Waals surface area contributed by atoms with Crippen LogP contribution in [-0.4, -0.2) is 68.6 Å². The molecule has 2 N–H and O–H groups in total. The molecule has 3 aromatic rings. The number of amidine groups is 1. The van der Waals surface area contributed by atoms with Gasteiger partial charge in [-0.2, -0.15) is 4.98 Å². The van der Waals surface area contributed by atoms with Gasteiger partial charge in [0.05, 0.1) is 11.9 Å². The van der Waals surface area contributed by atoms with Gasteiger partial charge >= 0.3 is 0 Å². The molecule has 4 heterocycles. The predicted molar refractivity (Wildman–Crippen MR) is 132 cm³/mol. The van der Waals surface area contributed by atoms with E-state index in [-0.39, 0.29) is 37.6 Å². The zero-order valence-electron chi connectivity index (χ0n) is 19.3. The largest absolute Gasteiger partial charge is 0.454 e. The maximum absolute atomic E-state index is 12.9. The Hall–Kier alpha value is -3.86. The van der Waals surface area contributed by atoms with Crippen molar-refractivity contribution < 1.29 is 14.3 Å². The number of fused-ring (bicyclic) bond motifs is 1. The highest BCUT2D eigenvalue weighted by Gasteiger charge is 2.30. The van der Waals surface area contributed by atoms with Gasteiger partial charge in [0.15, 0.2) is 11.5 Å². The molecule has 0 spiro atoms. The molecule has 2 aliphatic rings. The zero-order chi connectivity index (χ0) is 23.5.